The van der Waals surface area contributed by atoms with Gasteiger partial charge in [0.2, 0.25) is 0 Å². The summed E-state index contributed by atoms with van der Waals surface area (Å²) in [5, 5.41) is 2.97. The first-order valence-corrected chi connectivity index (χ1v) is 7.07. The monoisotopic (exact) mass is 253 g/mol. The van der Waals surface area contributed by atoms with Crippen LogP contribution >= 0.6 is 0 Å². The molecule has 1 aliphatic carbocycles. The first kappa shape index (κ1) is 15.1. The number of amides is 1. The average molecular weight is 253 g/mol. The Kier molecular flexibility index (Phi) is 5.70. The van der Waals surface area contributed by atoms with E-state index in [-0.39, 0.29) is 12.1 Å². The van der Waals surface area contributed by atoms with Crippen LogP contribution in [-0.4, -0.2) is 17.7 Å². The summed E-state index contributed by atoms with van der Waals surface area (Å²) in [7, 11) is 0. The molecule has 0 aliphatic heterocycles. The van der Waals surface area contributed by atoms with Crippen LogP contribution in [0.15, 0.2) is 12.2 Å². The van der Waals surface area contributed by atoms with Gasteiger partial charge >= 0.3 is 6.09 Å². The molecule has 1 amide bonds. The van der Waals surface area contributed by atoms with Crippen molar-refractivity contribution in [3.8, 4) is 0 Å². The molecule has 3 nitrogen and oxygen atoms in total. The van der Waals surface area contributed by atoms with Crippen molar-refractivity contribution in [2.45, 2.75) is 71.4 Å². The van der Waals surface area contributed by atoms with E-state index < -0.39 is 5.60 Å². The molecule has 0 atom stereocenters. The lowest BCUT2D eigenvalue weighted by atomic mass is 9.86. The molecule has 1 fully saturated rings. The van der Waals surface area contributed by atoms with Gasteiger partial charge in [0.1, 0.15) is 5.60 Å². The first-order chi connectivity index (χ1) is 8.40. The molecule has 3 heteroatoms. The van der Waals surface area contributed by atoms with E-state index in [9.17, 15) is 4.79 Å². The first-order valence-electron chi connectivity index (χ1n) is 7.07. The van der Waals surface area contributed by atoms with Gasteiger partial charge in [0, 0.05) is 6.04 Å². The molecule has 1 saturated carbocycles. The Morgan fingerprint density at radius 1 is 1.28 bits per heavy atom. The van der Waals surface area contributed by atoms with Crippen LogP contribution in [0, 0.1) is 5.92 Å². The lowest BCUT2D eigenvalue weighted by Crippen LogP contribution is -2.40. The van der Waals surface area contributed by atoms with E-state index in [0.717, 1.165) is 32.1 Å². The molecular formula is C15H27NO2. The van der Waals surface area contributed by atoms with Gasteiger partial charge in [-0.25, -0.2) is 4.79 Å². The lowest BCUT2D eigenvalue weighted by molar-refractivity contribution is 0.0490. The minimum atomic E-state index is -0.412. The summed E-state index contributed by atoms with van der Waals surface area (Å²) in [5.74, 6) is 0.696. The Hall–Kier alpha value is -0.990. The average Bonchev–Trinajstić information content (AvgIpc) is 2.25. The number of carbonyl (C=O) groups excluding carboxylic acids is 1. The summed E-state index contributed by atoms with van der Waals surface area (Å²) in [6.07, 6.45) is 9.82. The van der Waals surface area contributed by atoms with Crippen LogP contribution in [-0.2, 0) is 4.74 Å². The van der Waals surface area contributed by atoms with Crippen LogP contribution in [0.3, 0.4) is 0 Å². The fourth-order valence-electron chi connectivity index (χ4n) is 2.26. The zero-order chi connectivity index (χ0) is 13.6. The van der Waals surface area contributed by atoms with Crippen molar-refractivity contribution in [2.75, 3.05) is 0 Å². The van der Waals surface area contributed by atoms with E-state index in [2.05, 4.69) is 24.4 Å². The number of rotatable bonds is 3. The highest BCUT2D eigenvalue weighted by molar-refractivity contribution is 5.68. The summed E-state index contributed by atoms with van der Waals surface area (Å²) < 4.78 is 5.27. The SMILES string of the molecule is CC/C=C/C1CCC(NC(=O)OC(C)(C)C)CC1. The van der Waals surface area contributed by atoms with Crippen molar-refractivity contribution >= 4 is 6.09 Å². The highest BCUT2D eigenvalue weighted by atomic mass is 16.6. The van der Waals surface area contributed by atoms with Crippen molar-refractivity contribution < 1.29 is 9.53 Å². The van der Waals surface area contributed by atoms with Crippen LogP contribution in [0.5, 0.6) is 0 Å². The minimum Gasteiger partial charge on any atom is -0.444 e. The van der Waals surface area contributed by atoms with Crippen LogP contribution in [0.25, 0.3) is 0 Å². The smallest absolute Gasteiger partial charge is 0.407 e. The molecule has 0 aromatic carbocycles. The second-order valence-corrected chi connectivity index (χ2v) is 6.09. The topological polar surface area (TPSA) is 38.3 Å². The molecule has 0 saturated heterocycles. The lowest BCUT2D eigenvalue weighted by Gasteiger charge is -2.28. The third-order valence-electron chi connectivity index (χ3n) is 3.14. The molecule has 0 unspecified atom stereocenters. The predicted octanol–water partition coefficient (Wildman–Crippen LogP) is 4.04. The predicted molar refractivity (Wildman–Crippen MR) is 74.5 cm³/mol. The molecule has 0 aromatic heterocycles. The van der Waals surface area contributed by atoms with Crippen LogP contribution in [0.1, 0.15) is 59.8 Å². The summed E-state index contributed by atoms with van der Waals surface area (Å²) in [6, 6.07) is 0.283. The number of carbonyl (C=O) groups is 1. The molecule has 1 aliphatic rings. The summed E-state index contributed by atoms with van der Waals surface area (Å²) in [5.41, 5.74) is -0.412. The fourth-order valence-corrected chi connectivity index (χ4v) is 2.26. The van der Waals surface area contributed by atoms with Crippen molar-refractivity contribution in [3.63, 3.8) is 0 Å². The maximum absolute atomic E-state index is 11.6. The minimum absolute atomic E-state index is 0.282. The number of alkyl carbamates (subject to hydrolysis) is 1. The molecule has 104 valence electrons. The van der Waals surface area contributed by atoms with E-state index in [4.69, 9.17) is 4.74 Å². The van der Waals surface area contributed by atoms with Crippen molar-refractivity contribution in [1.82, 2.24) is 5.32 Å². The normalized spacial score (nSPS) is 25.1. The Morgan fingerprint density at radius 2 is 1.89 bits per heavy atom. The van der Waals surface area contributed by atoms with E-state index >= 15 is 0 Å². The van der Waals surface area contributed by atoms with Gasteiger partial charge < -0.3 is 10.1 Å². The van der Waals surface area contributed by atoms with E-state index in [1.807, 2.05) is 20.8 Å². The maximum Gasteiger partial charge on any atom is 0.407 e. The van der Waals surface area contributed by atoms with Crippen molar-refractivity contribution in [1.29, 1.82) is 0 Å². The van der Waals surface area contributed by atoms with E-state index in [0.29, 0.717) is 5.92 Å². The number of ether oxygens (including phenoxy) is 1. The third-order valence-corrected chi connectivity index (χ3v) is 3.14. The standard InChI is InChI=1S/C15H27NO2/c1-5-6-7-12-8-10-13(11-9-12)16-14(17)18-15(2,3)4/h6-7,12-13H,5,8-11H2,1-4H3,(H,16,17)/b7-6+. The zero-order valence-corrected chi connectivity index (χ0v) is 12.2. The van der Waals surface area contributed by atoms with Crippen LogP contribution < -0.4 is 5.32 Å². The molecule has 0 radical (unpaired) electrons. The van der Waals surface area contributed by atoms with Gasteiger partial charge in [-0.05, 0) is 58.8 Å². The second-order valence-electron chi connectivity index (χ2n) is 6.09. The van der Waals surface area contributed by atoms with Gasteiger partial charge in [0.25, 0.3) is 0 Å². The molecule has 0 spiro atoms. The summed E-state index contributed by atoms with van der Waals surface area (Å²) in [4.78, 5) is 11.6. The summed E-state index contributed by atoms with van der Waals surface area (Å²) >= 11 is 0. The van der Waals surface area contributed by atoms with Gasteiger partial charge in [-0.2, -0.15) is 0 Å². The second kappa shape index (κ2) is 6.81. The highest BCUT2D eigenvalue weighted by Crippen LogP contribution is 2.25. The Bertz CT molecular complexity index is 283. The molecule has 1 N–H and O–H groups in total. The molecule has 0 bridgehead atoms. The van der Waals surface area contributed by atoms with E-state index in [1.165, 1.54) is 0 Å². The molecule has 1 rings (SSSR count). The molecule has 18 heavy (non-hydrogen) atoms. The molecule has 0 aromatic rings. The molecule has 0 heterocycles. The maximum atomic E-state index is 11.6. The highest BCUT2D eigenvalue weighted by Gasteiger charge is 2.23. The number of allylic oxidation sites excluding steroid dienone is 2. The fraction of sp³-hybridized carbons (Fsp3) is 0.800. The van der Waals surface area contributed by atoms with E-state index in [1.54, 1.807) is 0 Å². The van der Waals surface area contributed by atoms with Crippen molar-refractivity contribution in [3.05, 3.63) is 12.2 Å². The van der Waals surface area contributed by atoms with Crippen molar-refractivity contribution in [2.24, 2.45) is 5.92 Å². The van der Waals surface area contributed by atoms with Gasteiger partial charge in [-0.15, -0.1) is 0 Å². The summed E-state index contributed by atoms with van der Waals surface area (Å²) in [6.45, 7) is 7.82. The third kappa shape index (κ3) is 6.08. The largest absolute Gasteiger partial charge is 0.444 e. The number of nitrogens with one attached hydrogen (secondary N) is 1. The number of hydrogen-bond acceptors (Lipinski definition) is 2. The van der Waals surface area contributed by atoms with Crippen LogP contribution in [0.2, 0.25) is 0 Å². The Labute approximate surface area is 111 Å². The van der Waals surface area contributed by atoms with Gasteiger partial charge in [-0.1, -0.05) is 19.1 Å². The Balaban J connectivity index is 2.27. The zero-order valence-electron chi connectivity index (χ0n) is 12.2. The van der Waals surface area contributed by atoms with Gasteiger partial charge in [0.15, 0.2) is 0 Å². The Morgan fingerprint density at radius 3 is 2.39 bits per heavy atom. The quantitative estimate of drug-likeness (QED) is 0.771. The van der Waals surface area contributed by atoms with Gasteiger partial charge in [0.05, 0.1) is 0 Å². The van der Waals surface area contributed by atoms with Gasteiger partial charge in [-0.3, -0.25) is 0 Å². The number of hydrogen-bond donors (Lipinski definition) is 1. The van der Waals surface area contributed by atoms with Crippen LogP contribution in [0.4, 0.5) is 4.79 Å². The molecular weight excluding hydrogens is 226 g/mol.